The summed E-state index contributed by atoms with van der Waals surface area (Å²) in [4.78, 5) is 28.5. The first-order chi connectivity index (χ1) is 13.6. The Bertz CT molecular complexity index is 868. The summed E-state index contributed by atoms with van der Waals surface area (Å²) in [5, 5.41) is 2.98. The van der Waals surface area contributed by atoms with E-state index in [9.17, 15) is 14.0 Å². The molecule has 0 unspecified atom stereocenters. The van der Waals surface area contributed by atoms with Crippen molar-refractivity contribution in [2.24, 2.45) is 0 Å². The fraction of sp³-hybridized carbons (Fsp3) is 0.364. The standard InChI is InChI=1S/C22H24FN3O2/c23-17-11-9-16(10-12-17)20-7-1-2-13-26(20)22(28)24-18-5-3-6-19(15-18)25-14-4-8-21(25)27/h3,5-6,9-12,15,20H,1-2,4,7-8,13-14H2,(H,24,28)/t20-/m0/s1. The van der Waals surface area contributed by atoms with Crippen molar-refractivity contribution in [2.75, 3.05) is 23.3 Å². The Balaban J connectivity index is 1.50. The van der Waals surface area contributed by atoms with Crippen LogP contribution in [0.4, 0.5) is 20.6 Å². The van der Waals surface area contributed by atoms with Gasteiger partial charge in [-0.25, -0.2) is 9.18 Å². The van der Waals surface area contributed by atoms with Gasteiger partial charge in [-0.05, 0) is 61.6 Å². The number of hydrogen-bond acceptors (Lipinski definition) is 2. The average Bonchev–Trinajstić information content (AvgIpc) is 3.15. The van der Waals surface area contributed by atoms with Crippen LogP contribution in [0.2, 0.25) is 0 Å². The summed E-state index contributed by atoms with van der Waals surface area (Å²) in [5.41, 5.74) is 2.44. The van der Waals surface area contributed by atoms with Gasteiger partial charge in [-0.3, -0.25) is 4.79 Å². The van der Waals surface area contributed by atoms with E-state index in [0.29, 0.717) is 18.7 Å². The van der Waals surface area contributed by atoms with Gasteiger partial charge in [-0.1, -0.05) is 18.2 Å². The molecule has 2 heterocycles. The third-order valence-electron chi connectivity index (χ3n) is 5.50. The zero-order valence-electron chi connectivity index (χ0n) is 15.7. The van der Waals surface area contributed by atoms with E-state index in [-0.39, 0.29) is 23.8 Å². The number of hydrogen-bond donors (Lipinski definition) is 1. The van der Waals surface area contributed by atoms with Gasteiger partial charge in [0.2, 0.25) is 5.91 Å². The molecule has 1 N–H and O–H groups in total. The molecular weight excluding hydrogens is 357 g/mol. The lowest BCUT2D eigenvalue weighted by Gasteiger charge is -2.36. The number of anilines is 2. The number of likely N-dealkylation sites (tertiary alicyclic amines) is 1. The van der Waals surface area contributed by atoms with Crippen molar-refractivity contribution in [3.05, 3.63) is 59.9 Å². The number of benzene rings is 2. The van der Waals surface area contributed by atoms with Gasteiger partial charge in [0.15, 0.2) is 0 Å². The SMILES string of the molecule is O=C1CCCN1c1cccc(NC(=O)N2CCCC[C@H]2c2ccc(F)cc2)c1. The average molecular weight is 381 g/mol. The highest BCUT2D eigenvalue weighted by Crippen LogP contribution is 2.32. The van der Waals surface area contributed by atoms with E-state index in [1.807, 2.05) is 29.2 Å². The third-order valence-corrected chi connectivity index (χ3v) is 5.50. The minimum Gasteiger partial charge on any atom is -0.317 e. The number of amides is 3. The van der Waals surface area contributed by atoms with Crippen molar-refractivity contribution >= 4 is 23.3 Å². The van der Waals surface area contributed by atoms with Crippen molar-refractivity contribution in [1.29, 1.82) is 0 Å². The Labute approximate surface area is 164 Å². The van der Waals surface area contributed by atoms with Crippen LogP contribution in [0, 0.1) is 5.82 Å². The molecule has 146 valence electrons. The first kappa shape index (κ1) is 18.5. The summed E-state index contributed by atoms with van der Waals surface area (Å²) in [6.07, 6.45) is 4.29. The molecule has 1 atom stereocenters. The van der Waals surface area contributed by atoms with Crippen LogP contribution >= 0.6 is 0 Å². The molecule has 2 aliphatic heterocycles. The van der Waals surface area contributed by atoms with Gasteiger partial charge >= 0.3 is 6.03 Å². The number of nitrogens with one attached hydrogen (secondary N) is 1. The number of carbonyl (C=O) groups excluding carboxylic acids is 2. The predicted octanol–water partition coefficient (Wildman–Crippen LogP) is 4.71. The molecular formula is C22H24FN3O2. The van der Waals surface area contributed by atoms with Crippen LogP contribution in [0.15, 0.2) is 48.5 Å². The smallest absolute Gasteiger partial charge is 0.317 e. The number of rotatable bonds is 3. The second-order valence-corrected chi connectivity index (χ2v) is 7.39. The Morgan fingerprint density at radius 1 is 1.04 bits per heavy atom. The molecule has 0 aromatic heterocycles. The monoisotopic (exact) mass is 381 g/mol. The molecule has 28 heavy (non-hydrogen) atoms. The zero-order valence-corrected chi connectivity index (χ0v) is 15.7. The molecule has 4 rings (SSSR count). The minimum absolute atomic E-state index is 0.0577. The molecule has 0 radical (unpaired) electrons. The van der Waals surface area contributed by atoms with E-state index in [1.165, 1.54) is 12.1 Å². The van der Waals surface area contributed by atoms with Crippen LogP contribution in [-0.2, 0) is 4.79 Å². The Morgan fingerprint density at radius 2 is 1.86 bits per heavy atom. The van der Waals surface area contributed by atoms with Gasteiger partial charge in [0.1, 0.15) is 5.82 Å². The Morgan fingerprint density at radius 3 is 2.61 bits per heavy atom. The van der Waals surface area contributed by atoms with Crippen molar-refractivity contribution in [3.63, 3.8) is 0 Å². The lowest BCUT2D eigenvalue weighted by molar-refractivity contribution is -0.117. The Kier molecular flexibility index (Phi) is 5.28. The third kappa shape index (κ3) is 3.86. The topological polar surface area (TPSA) is 52.7 Å². The maximum Gasteiger partial charge on any atom is 0.322 e. The molecule has 0 spiro atoms. The maximum atomic E-state index is 13.3. The van der Waals surface area contributed by atoms with Gasteiger partial charge in [0, 0.05) is 30.9 Å². The van der Waals surface area contributed by atoms with Crippen molar-refractivity contribution in [1.82, 2.24) is 4.90 Å². The lowest BCUT2D eigenvalue weighted by Crippen LogP contribution is -2.41. The number of carbonyl (C=O) groups is 2. The normalized spacial score (nSPS) is 19.8. The quantitative estimate of drug-likeness (QED) is 0.837. The number of nitrogens with zero attached hydrogens (tertiary/aromatic N) is 2. The molecule has 0 saturated carbocycles. The maximum absolute atomic E-state index is 13.3. The van der Waals surface area contributed by atoms with Crippen LogP contribution in [-0.4, -0.2) is 29.9 Å². The van der Waals surface area contributed by atoms with Crippen molar-refractivity contribution in [2.45, 2.75) is 38.1 Å². The minimum atomic E-state index is -0.274. The summed E-state index contributed by atoms with van der Waals surface area (Å²) in [7, 11) is 0. The zero-order chi connectivity index (χ0) is 19.5. The summed E-state index contributed by atoms with van der Waals surface area (Å²) < 4.78 is 13.3. The lowest BCUT2D eigenvalue weighted by atomic mass is 9.95. The van der Waals surface area contributed by atoms with Crippen LogP contribution in [0.3, 0.4) is 0 Å². The fourth-order valence-electron chi connectivity index (χ4n) is 4.07. The van der Waals surface area contributed by atoms with Crippen LogP contribution < -0.4 is 10.2 Å². The molecule has 6 heteroatoms. The summed E-state index contributed by atoms with van der Waals surface area (Å²) in [6.45, 7) is 1.38. The molecule has 2 aromatic rings. The van der Waals surface area contributed by atoms with Crippen LogP contribution in [0.25, 0.3) is 0 Å². The van der Waals surface area contributed by atoms with Gasteiger partial charge < -0.3 is 15.1 Å². The second kappa shape index (κ2) is 8.00. The molecule has 2 saturated heterocycles. The molecule has 2 aliphatic rings. The second-order valence-electron chi connectivity index (χ2n) is 7.39. The van der Waals surface area contributed by atoms with E-state index in [2.05, 4.69) is 5.32 Å². The van der Waals surface area contributed by atoms with E-state index in [1.54, 1.807) is 17.0 Å². The van der Waals surface area contributed by atoms with E-state index < -0.39 is 0 Å². The molecule has 0 aliphatic carbocycles. The molecule has 3 amide bonds. The fourth-order valence-corrected chi connectivity index (χ4v) is 4.07. The number of urea groups is 1. The van der Waals surface area contributed by atoms with E-state index in [0.717, 1.165) is 43.5 Å². The van der Waals surface area contributed by atoms with Gasteiger partial charge in [-0.2, -0.15) is 0 Å². The van der Waals surface area contributed by atoms with Crippen molar-refractivity contribution < 1.29 is 14.0 Å². The molecule has 0 bridgehead atoms. The number of piperidine rings is 1. The molecule has 5 nitrogen and oxygen atoms in total. The summed E-state index contributed by atoms with van der Waals surface area (Å²) in [5.74, 6) is -0.153. The number of halogens is 1. The highest BCUT2D eigenvalue weighted by molar-refractivity contribution is 5.96. The van der Waals surface area contributed by atoms with Gasteiger partial charge in [0.25, 0.3) is 0 Å². The van der Waals surface area contributed by atoms with Crippen LogP contribution in [0.5, 0.6) is 0 Å². The predicted molar refractivity (Wildman–Crippen MR) is 107 cm³/mol. The highest BCUT2D eigenvalue weighted by atomic mass is 19.1. The van der Waals surface area contributed by atoms with E-state index >= 15 is 0 Å². The Hall–Kier alpha value is -2.89. The largest absolute Gasteiger partial charge is 0.322 e. The van der Waals surface area contributed by atoms with Crippen molar-refractivity contribution in [3.8, 4) is 0 Å². The first-order valence-corrected chi connectivity index (χ1v) is 9.85. The van der Waals surface area contributed by atoms with Crippen LogP contribution in [0.1, 0.15) is 43.7 Å². The van der Waals surface area contributed by atoms with E-state index in [4.69, 9.17) is 0 Å². The first-order valence-electron chi connectivity index (χ1n) is 9.85. The van der Waals surface area contributed by atoms with Gasteiger partial charge in [-0.15, -0.1) is 0 Å². The molecule has 2 fully saturated rings. The molecule has 2 aromatic carbocycles. The van der Waals surface area contributed by atoms with Gasteiger partial charge in [0.05, 0.1) is 6.04 Å². The summed E-state index contributed by atoms with van der Waals surface area (Å²) in [6, 6.07) is 13.6. The summed E-state index contributed by atoms with van der Waals surface area (Å²) >= 11 is 0. The highest BCUT2D eigenvalue weighted by Gasteiger charge is 2.28.